The van der Waals surface area contributed by atoms with E-state index in [1.54, 1.807) is 17.0 Å². The number of H-pyrrole nitrogens is 1. The van der Waals surface area contributed by atoms with Crippen LogP contribution in [0.3, 0.4) is 0 Å². The van der Waals surface area contributed by atoms with Crippen molar-refractivity contribution in [1.82, 2.24) is 9.88 Å². The quantitative estimate of drug-likeness (QED) is 0.867. The molecule has 4 heteroatoms. The molecule has 0 aliphatic rings. The molecule has 1 N–H and O–H groups in total. The molecule has 104 valence electrons. The first kappa shape index (κ1) is 14.1. The van der Waals surface area contributed by atoms with Crippen LogP contribution in [-0.4, -0.2) is 28.9 Å². The van der Waals surface area contributed by atoms with Crippen molar-refractivity contribution in [3.63, 3.8) is 0 Å². The number of hydrogen-bond acceptors (Lipinski definition) is 2. The third-order valence-electron chi connectivity index (χ3n) is 3.26. The van der Waals surface area contributed by atoms with Crippen LogP contribution in [0.25, 0.3) is 17.0 Å². The molecule has 2 rings (SSSR count). The summed E-state index contributed by atoms with van der Waals surface area (Å²) >= 11 is 0. The summed E-state index contributed by atoms with van der Waals surface area (Å²) in [7, 11) is 0. The smallest absolute Gasteiger partial charge is 0.255 e. The maximum absolute atomic E-state index is 11.9. The van der Waals surface area contributed by atoms with Gasteiger partial charge >= 0.3 is 0 Å². The lowest BCUT2D eigenvalue weighted by atomic mass is 10.1. The van der Waals surface area contributed by atoms with Crippen LogP contribution < -0.4 is 5.56 Å². The molecule has 2 aromatic rings. The highest BCUT2D eigenvalue weighted by Gasteiger charge is 2.05. The van der Waals surface area contributed by atoms with Crippen LogP contribution in [0.15, 0.2) is 41.2 Å². The molecule has 0 aliphatic heterocycles. The number of hydrogen-bond donors (Lipinski definition) is 1. The second-order valence-corrected chi connectivity index (χ2v) is 4.48. The van der Waals surface area contributed by atoms with Gasteiger partial charge < -0.3 is 9.88 Å². The van der Waals surface area contributed by atoms with Gasteiger partial charge in [-0.3, -0.25) is 9.59 Å². The molecule has 4 nitrogen and oxygen atoms in total. The molecule has 0 unspecified atom stereocenters. The molecule has 0 bridgehead atoms. The summed E-state index contributed by atoms with van der Waals surface area (Å²) in [5.74, 6) is -0.0810. The third-order valence-corrected chi connectivity index (χ3v) is 3.26. The minimum Gasteiger partial charge on any atom is -0.340 e. The Bertz CT molecular complexity index is 697. The van der Waals surface area contributed by atoms with Gasteiger partial charge in [0.15, 0.2) is 0 Å². The molecule has 0 spiro atoms. The van der Waals surface area contributed by atoms with Gasteiger partial charge in [0.05, 0.1) is 0 Å². The standard InChI is InChI=1S/C16H18N2O2/c1-3-18(4-2)15(19)10-9-13-11-12-7-5-6-8-14(12)17-16(13)20/h5-11H,3-4H2,1-2H3,(H,17,20)/b10-9+. The largest absolute Gasteiger partial charge is 0.340 e. The van der Waals surface area contributed by atoms with Crippen LogP contribution in [-0.2, 0) is 4.79 Å². The Morgan fingerprint density at radius 3 is 2.65 bits per heavy atom. The van der Waals surface area contributed by atoms with Crippen LogP contribution in [0.5, 0.6) is 0 Å². The van der Waals surface area contributed by atoms with Crippen LogP contribution in [0.2, 0.25) is 0 Å². The second-order valence-electron chi connectivity index (χ2n) is 4.48. The number of benzene rings is 1. The molecule has 0 saturated carbocycles. The lowest BCUT2D eigenvalue weighted by molar-refractivity contribution is -0.125. The van der Waals surface area contributed by atoms with Gasteiger partial charge in [-0.05, 0) is 37.4 Å². The van der Waals surface area contributed by atoms with Crippen molar-refractivity contribution >= 4 is 22.9 Å². The molecule has 0 radical (unpaired) electrons. The monoisotopic (exact) mass is 270 g/mol. The Labute approximate surface area is 117 Å². The summed E-state index contributed by atoms with van der Waals surface area (Å²) in [5, 5.41) is 0.946. The predicted molar refractivity (Wildman–Crippen MR) is 81.5 cm³/mol. The molecule has 0 fully saturated rings. The summed E-state index contributed by atoms with van der Waals surface area (Å²) < 4.78 is 0. The number of fused-ring (bicyclic) bond motifs is 1. The topological polar surface area (TPSA) is 53.2 Å². The molecule has 0 atom stereocenters. The SMILES string of the molecule is CCN(CC)C(=O)/C=C/c1cc2ccccc2[nH]c1=O. The highest BCUT2D eigenvalue weighted by molar-refractivity contribution is 5.92. The van der Waals surface area contributed by atoms with Gasteiger partial charge in [0.2, 0.25) is 5.91 Å². The molecule has 20 heavy (non-hydrogen) atoms. The van der Waals surface area contributed by atoms with Crippen molar-refractivity contribution in [3.8, 4) is 0 Å². The fourth-order valence-electron chi connectivity index (χ4n) is 2.09. The van der Waals surface area contributed by atoms with E-state index in [1.807, 2.05) is 38.1 Å². The summed E-state index contributed by atoms with van der Waals surface area (Å²) in [5.41, 5.74) is 1.10. The van der Waals surface area contributed by atoms with E-state index < -0.39 is 0 Å². The van der Waals surface area contributed by atoms with Crippen LogP contribution >= 0.6 is 0 Å². The Balaban J connectivity index is 2.32. The maximum Gasteiger partial charge on any atom is 0.255 e. The van der Waals surface area contributed by atoms with Gasteiger partial charge in [-0.1, -0.05) is 18.2 Å². The number of aromatic amines is 1. The number of aromatic nitrogens is 1. The Morgan fingerprint density at radius 2 is 1.95 bits per heavy atom. The minimum absolute atomic E-state index is 0.0810. The Morgan fingerprint density at radius 1 is 1.25 bits per heavy atom. The average molecular weight is 270 g/mol. The summed E-state index contributed by atoms with van der Waals surface area (Å²) in [6, 6.07) is 9.35. The van der Waals surface area contributed by atoms with E-state index in [4.69, 9.17) is 0 Å². The van der Waals surface area contributed by atoms with Gasteiger partial charge in [-0.15, -0.1) is 0 Å². The summed E-state index contributed by atoms with van der Waals surface area (Å²) in [6.45, 7) is 5.18. The van der Waals surface area contributed by atoms with Crippen LogP contribution in [0, 0.1) is 0 Å². The number of amides is 1. The first-order chi connectivity index (χ1) is 9.65. The molecule has 1 aromatic carbocycles. The molecule has 0 saturated heterocycles. The van der Waals surface area contributed by atoms with Gasteiger partial charge in [0.25, 0.3) is 5.56 Å². The third kappa shape index (κ3) is 2.96. The molecular formula is C16H18N2O2. The van der Waals surface area contributed by atoms with Crippen molar-refractivity contribution in [2.75, 3.05) is 13.1 Å². The zero-order chi connectivity index (χ0) is 14.5. The number of nitrogens with one attached hydrogen (secondary N) is 1. The van der Waals surface area contributed by atoms with E-state index in [9.17, 15) is 9.59 Å². The number of carbonyl (C=O) groups excluding carboxylic acids is 1. The Kier molecular flexibility index (Phi) is 4.35. The van der Waals surface area contributed by atoms with Crippen molar-refractivity contribution < 1.29 is 4.79 Å². The van der Waals surface area contributed by atoms with Crippen LogP contribution in [0.4, 0.5) is 0 Å². The highest BCUT2D eigenvalue weighted by atomic mass is 16.2. The first-order valence-electron chi connectivity index (χ1n) is 6.74. The van der Waals surface area contributed by atoms with E-state index in [1.165, 1.54) is 6.08 Å². The molecule has 1 heterocycles. The maximum atomic E-state index is 11.9. The van der Waals surface area contributed by atoms with Crippen molar-refractivity contribution in [2.45, 2.75) is 13.8 Å². The molecule has 0 aliphatic carbocycles. The van der Waals surface area contributed by atoms with E-state index in [-0.39, 0.29) is 11.5 Å². The van der Waals surface area contributed by atoms with Gasteiger partial charge in [0, 0.05) is 30.2 Å². The van der Waals surface area contributed by atoms with E-state index in [0.717, 1.165) is 10.9 Å². The number of nitrogens with zero attached hydrogens (tertiary/aromatic N) is 1. The summed E-state index contributed by atoms with van der Waals surface area (Å²) in [4.78, 5) is 28.3. The zero-order valence-electron chi connectivity index (χ0n) is 11.7. The normalized spacial score (nSPS) is 11.1. The molecular weight excluding hydrogens is 252 g/mol. The number of para-hydroxylation sites is 1. The second kappa shape index (κ2) is 6.19. The number of pyridine rings is 1. The van der Waals surface area contributed by atoms with Crippen molar-refractivity contribution in [2.24, 2.45) is 0 Å². The lowest BCUT2D eigenvalue weighted by Crippen LogP contribution is -2.28. The number of likely N-dealkylation sites (N-methyl/N-ethyl adjacent to an activating group) is 1. The van der Waals surface area contributed by atoms with E-state index in [2.05, 4.69) is 4.98 Å². The van der Waals surface area contributed by atoms with Crippen molar-refractivity contribution in [3.05, 3.63) is 52.3 Å². The highest BCUT2D eigenvalue weighted by Crippen LogP contribution is 2.10. The number of carbonyl (C=O) groups is 1. The Hall–Kier alpha value is -2.36. The van der Waals surface area contributed by atoms with Crippen LogP contribution in [0.1, 0.15) is 19.4 Å². The van der Waals surface area contributed by atoms with Gasteiger partial charge in [0.1, 0.15) is 0 Å². The fraction of sp³-hybridized carbons (Fsp3) is 0.250. The zero-order valence-corrected chi connectivity index (χ0v) is 11.7. The lowest BCUT2D eigenvalue weighted by Gasteiger charge is -2.15. The number of rotatable bonds is 4. The average Bonchev–Trinajstić information content (AvgIpc) is 2.46. The molecule has 1 aromatic heterocycles. The van der Waals surface area contributed by atoms with Gasteiger partial charge in [-0.2, -0.15) is 0 Å². The fourth-order valence-corrected chi connectivity index (χ4v) is 2.09. The predicted octanol–water partition coefficient (Wildman–Crippen LogP) is 2.41. The molecule has 1 amide bonds. The van der Waals surface area contributed by atoms with Gasteiger partial charge in [-0.25, -0.2) is 0 Å². The first-order valence-corrected chi connectivity index (χ1v) is 6.74. The van der Waals surface area contributed by atoms with E-state index >= 15 is 0 Å². The van der Waals surface area contributed by atoms with Crippen molar-refractivity contribution in [1.29, 1.82) is 0 Å². The van der Waals surface area contributed by atoms with E-state index in [0.29, 0.717) is 18.7 Å². The minimum atomic E-state index is -0.188. The summed E-state index contributed by atoms with van der Waals surface area (Å²) in [6.07, 6.45) is 3.03.